The number of Topliss-reactive ketones (excluding diaryl/α,β-unsaturated/α-hetero) is 1. The summed E-state index contributed by atoms with van der Waals surface area (Å²) in [6, 6.07) is 20.3. The van der Waals surface area contributed by atoms with Gasteiger partial charge < -0.3 is 5.32 Å². The average Bonchev–Trinajstić information content (AvgIpc) is 2.73. The van der Waals surface area contributed by atoms with E-state index in [1.807, 2.05) is 0 Å². The second-order valence-electron chi connectivity index (χ2n) is 6.11. The van der Waals surface area contributed by atoms with Crippen LogP contribution in [-0.4, -0.2) is 26.7 Å². The Balaban J connectivity index is 1.62. The average molecular weight is 429 g/mol. The van der Waals surface area contributed by atoms with Crippen molar-refractivity contribution in [2.75, 3.05) is 11.3 Å². The lowest BCUT2D eigenvalue weighted by atomic mass is 10.1. The molecule has 0 spiro atoms. The Kier molecular flexibility index (Phi) is 6.31. The highest BCUT2D eigenvalue weighted by Crippen LogP contribution is 2.16. The van der Waals surface area contributed by atoms with Crippen molar-refractivity contribution in [3.05, 3.63) is 95.0 Å². The maximum absolute atomic E-state index is 12.4. The van der Waals surface area contributed by atoms with Crippen LogP contribution in [-0.2, 0) is 10.0 Å². The van der Waals surface area contributed by atoms with Gasteiger partial charge in [-0.1, -0.05) is 29.8 Å². The zero-order valence-corrected chi connectivity index (χ0v) is 16.7. The largest absolute Gasteiger partial charge is 0.345 e. The summed E-state index contributed by atoms with van der Waals surface area (Å²) in [5.41, 5.74) is 1.12. The van der Waals surface area contributed by atoms with Crippen LogP contribution in [0, 0.1) is 0 Å². The highest BCUT2D eigenvalue weighted by atomic mass is 35.5. The second kappa shape index (κ2) is 8.89. The maximum Gasteiger partial charge on any atom is 0.261 e. The van der Waals surface area contributed by atoms with E-state index in [0.717, 1.165) is 0 Å². The molecule has 0 aliphatic carbocycles. The third kappa shape index (κ3) is 5.43. The molecule has 6 nitrogen and oxygen atoms in total. The van der Waals surface area contributed by atoms with Gasteiger partial charge in [0.05, 0.1) is 11.4 Å². The summed E-state index contributed by atoms with van der Waals surface area (Å²) in [5.74, 6) is -0.742. The Hall–Kier alpha value is -3.16. The Morgan fingerprint density at radius 3 is 2.00 bits per heavy atom. The van der Waals surface area contributed by atoms with Gasteiger partial charge in [-0.05, 0) is 60.7 Å². The lowest BCUT2D eigenvalue weighted by Gasteiger charge is -2.09. The topological polar surface area (TPSA) is 92.3 Å². The minimum Gasteiger partial charge on any atom is -0.345 e. The smallest absolute Gasteiger partial charge is 0.261 e. The summed E-state index contributed by atoms with van der Waals surface area (Å²) in [4.78, 5) is 24.4. The number of hydrogen-bond donors (Lipinski definition) is 2. The van der Waals surface area contributed by atoms with Crippen molar-refractivity contribution in [3.63, 3.8) is 0 Å². The molecule has 1 amide bonds. The zero-order chi connectivity index (χ0) is 20.9. The molecular formula is C21H17ClN2O4S. The molecule has 0 aliphatic rings. The van der Waals surface area contributed by atoms with Gasteiger partial charge in [0, 0.05) is 21.8 Å². The van der Waals surface area contributed by atoms with E-state index in [1.165, 1.54) is 24.3 Å². The molecule has 0 unspecified atom stereocenters. The van der Waals surface area contributed by atoms with Gasteiger partial charge in [0.1, 0.15) is 0 Å². The molecule has 3 aromatic carbocycles. The van der Waals surface area contributed by atoms with E-state index in [2.05, 4.69) is 10.0 Å². The molecule has 0 atom stereocenters. The zero-order valence-electron chi connectivity index (χ0n) is 15.1. The van der Waals surface area contributed by atoms with Gasteiger partial charge in [0.2, 0.25) is 0 Å². The van der Waals surface area contributed by atoms with E-state index in [9.17, 15) is 18.0 Å². The number of nitrogens with one attached hydrogen (secondary N) is 2. The number of benzene rings is 3. The first-order valence-electron chi connectivity index (χ1n) is 8.60. The third-order valence-electron chi connectivity index (χ3n) is 4.03. The van der Waals surface area contributed by atoms with Gasteiger partial charge in [0.25, 0.3) is 15.9 Å². The molecular weight excluding hydrogens is 412 g/mol. The van der Waals surface area contributed by atoms with E-state index in [4.69, 9.17) is 11.6 Å². The molecule has 8 heteroatoms. The number of carbonyl (C=O) groups excluding carboxylic acids is 2. The van der Waals surface area contributed by atoms with Gasteiger partial charge in [-0.15, -0.1) is 0 Å². The summed E-state index contributed by atoms with van der Waals surface area (Å²) in [7, 11) is -3.77. The molecule has 2 N–H and O–H groups in total. The number of anilines is 1. The molecule has 148 valence electrons. The second-order valence-corrected chi connectivity index (χ2v) is 8.23. The Morgan fingerprint density at radius 2 is 1.38 bits per heavy atom. The van der Waals surface area contributed by atoms with E-state index in [-0.39, 0.29) is 22.8 Å². The summed E-state index contributed by atoms with van der Waals surface area (Å²) in [6.07, 6.45) is 0. The number of para-hydroxylation sites is 1. The van der Waals surface area contributed by atoms with Crippen LogP contribution in [0.1, 0.15) is 20.7 Å². The van der Waals surface area contributed by atoms with Crippen LogP contribution in [0.5, 0.6) is 0 Å². The van der Waals surface area contributed by atoms with Crippen molar-refractivity contribution in [2.45, 2.75) is 4.90 Å². The highest BCUT2D eigenvalue weighted by Gasteiger charge is 2.15. The van der Waals surface area contributed by atoms with E-state index < -0.39 is 15.9 Å². The van der Waals surface area contributed by atoms with Crippen molar-refractivity contribution in [2.24, 2.45) is 0 Å². The molecule has 0 saturated carbocycles. The molecule has 29 heavy (non-hydrogen) atoms. The molecule has 0 fully saturated rings. The number of ketones is 1. The molecule has 0 radical (unpaired) electrons. The van der Waals surface area contributed by atoms with Crippen LogP contribution >= 0.6 is 11.6 Å². The SMILES string of the molecule is O=C(CNC(=O)c1ccc(S(=O)(=O)Nc2ccccc2)cc1)c1ccc(Cl)cc1. The summed E-state index contributed by atoms with van der Waals surface area (Å²) < 4.78 is 27.3. The fourth-order valence-electron chi connectivity index (χ4n) is 2.51. The Morgan fingerprint density at radius 1 is 0.793 bits per heavy atom. The Bertz CT molecular complexity index is 1110. The first-order chi connectivity index (χ1) is 13.8. The van der Waals surface area contributed by atoms with E-state index >= 15 is 0 Å². The summed E-state index contributed by atoms with van der Waals surface area (Å²) in [6.45, 7) is -0.184. The highest BCUT2D eigenvalue weighted by molar-refractivity contribution is 7.92. The van der Waals surface area contributed by atoms with Crippen LogP contribution in [0.4, 0.5) is 5.69 Å². The van der Waals surface area contributed by atoms with Gasteiger partial charge >= 0.3 is 0 Å². The lowest BCUT2D eigenvalue weighted by molar-refractivity contribution is 0.0904. The number of hydrogen-bond acceptors (Lipinski definition) is 4. The monoisotopic (exact) mass is 428 g/mol. The quantitative estimate of drug-likeness (QED) is 0.560. The molecule has 0 aromatic heterocycles. The summed E-state index contributed by atoms with van der Waals surface area (Å²) >= 11 is 5.79. The fourth-order valence-corrected chi connectivity index (χ4v) is 3.69. The number of amides is 1. The van der Waals surface area contributed by atoms with Crippen LogP contribution < -0.4 is 10.0 Å². The third-order valence-corrected chi connectivity index (χ3v) is 5.68. The van der Waals surface area contributed by atoms with E-state index in [1.54, 1.807) is 54.6 Å². The molecule has 0 heterocycles. The molecule has 0 bridgehead atoms. The maximum atomic E-state index is 12.4. The minimum absolute atomic E-state index is 0.0233. The molecule has 3 rings (SSSR count). The molecule has 3 aromatic rings. The van der Waals surface area contributed by atoms with Gasteiger partial charge in [-0.3, -0.25) is 14.3 Å². The van der Waals surface area contributed by atoms with Crippen molar-refractivity contribution in [1.82, 2.24) is 5.32 Å². The molecule has 0 saturated heterocycles. The van der Waals surface area contributed by atoms with Crippen molar-refractivity contribution in [3.8, 4) is 0 Å². The van der Waals surface area contributed by atoms with Gasteiger partial charge in [-0.25, -0.2) is 8.42 Å². The predicted octanol–water partition coefficient (Wildman–Crippen LogP) is 3.75. The normalized spacial score (nSPS) is 10.9. The van der Waals surface area contributed by atoms with E-state index in [0.29, 0.717) is 16.3 Å². The van der Waals surface area contributed by atoms with Crippen molar-refractivity contribution >= 4 is 39.0 Å². The first-order valence-corrected chi connectivity index (χ1v) is 10.5. The number of sulfonamides is 1. The van der Waals surface area contributed by atoms with Gasteiger partial charge in [-0.2, -0.15) is 0 Å². The van der Waals surface area contributed by atoms with Crippen LogP contribution in [0.15, 0.2) is 83.8 Å². The number of rotatable bonds is 7. The standard InChI is InChI=1S/C21H17ClN2O4S/c22-17-10-6-15(7-11-17)20(25)14-23-21(26)16-8-12-19(13-9-16)29(27,28)24-18-4-2-1-3-5-18/h1-13,24H,14H2,(H,23,26). The van der Waals surface area contributed by atoms with Crippen molar-refractivity contribution < 1.29 is 18.0 Å². The Labute approximate surface area is 173 Å². The van der Waals surface area contributed by atoms with Crippen LogP contribution in [0.25, 0.3) is 0 Å². The lowest BCUT2D eigenvalue weighted by Crippen LogP contribution is -2.29. The predicted molar refractivity (Wildman–Crippen MR) is 112 cm³/mol. The first kappa shape index (κ1) is 20.6. The number of halogens is 1. The minimum atomic E-state index is -3.77. The summed E-state index contributed by atoms with van der Waals surface area (Å²) in [5, 5.41) is 3.04. The van der Waals surface area contributed by atoms with Crippen LogP contribution in [0.2, 0.25) is 5.02 Å². The van der Waals surface area contributed by atoms with Crippen molar-refractivity contribution in [1.29, 1.82) is 0 Å². The van der Waals surface area contributed by atoms with Crippen LogP contribution in [0.3, 0.4) is 0 Å². The number of carbonyl (C=O) groups is 2. The fraction of sp³-hybridized carbons (Fsp3) is 0.0476. The van der Waals surface area contributed by atoms with Gasteiger partial charge in [0.15, 0.2) is 5.78 Å². The molecule has 0 aliphatic heterocycles.